The minimum Gasteiger partial charge on any atom is -0.375 e. The first kappa shape index (κ1) is 17.0. The van der Waals surface area contributed by atoms with Gasteiger partial charge in [0.15, 0.2) is 0 Å². The molecule has 1 aromatic rings. The molecule has 0 aliphatic carbocycles. The lowest BCUT2D eigenvalue weighted by Gasteiger charge is -2.27. The molecular formula is C18H28BrNO. The predicted molar refractivity (Wildman–Crippen MR) is 92.8 cm³/mol. The van der Waals surface area contributed by atoms with E-state index >= 15 is 0 Å². The van der Waals surface area contributed by atoms with Crippen LogP contribution < -0.4 is 5.32 Å². The van der Waals surface area contributed by atoms with E-state index in [4.69, 9.17) is 4.74 Å². The number of hydrogen-bond donors (Lipinski definition) is 1. The molecule has 1 N–H and O–H groups in total. The summed E-state index contributed by atoms with van der Waals surface area (Å²) >= 11 is 3.52. The fourth-order valence-electron chi connectivity index (χ4n) is 2.88. The van der Waals surface area contributed by atoms with Crippen LogP contribution in [-0.4, -0.2) is 24.3 Å². The van der Waals surface area contributed by atoms with E-state index in [0.717, 1.165) is 17.4 Å². The van der Waals surface area contributed by atoms with E-state index in [0.29, 0.717) is 18.1 Å². The third-order valence-corrected chi connectivity index (χ3v) is 4.62. The smallest absolute Gasteiger partial charge is 0.0586 e. The molecule has 2 nitrogen and oxygen atoms in total. The van der Waals surface area contributed by atoms with Crippen molar-refractivity contribution < 1.29 is 4.74 Å². The Balaban J connectivity index is 2.04. The summed E-state index contributed by atoms with van der Waals surface area (Å²) in [7, 11) is 0. The van der Waals surface area contributed by atoms with Gasteiger partial charge in [0.25, 0.3) is 0 Å². The second kappa shape index (κ2) is 7.26. The molecule has 21 heavy (non-hydrogen) atoms. The molecule has 1 fully saturated rings. The van der Waals surface area contributed by atoms with Crippen molar-refractivity contribution in [3.05, 3.63) is 34.3 Å². The maximum atomic E-state index is 6.03. The largest absolute Gasteiger partial charge is 0.375 e. The van der Waals surface area contributed by atoms with Crippen LogP contribution in [0.15, 0.2) is 28.7 Å². The van der Waals surface area contributed by atoms with Crippen molar-refractivity contribution in [2.45, 2.75) is 70.6 Å². The summed E-state index contributed by atoms with van der Waals surface area (Å²) in [6.45, 7) is 9.85. The molecule has 1 aliphatic rings. The van der Waals surface area contributed by atoms with Crippen LogP contribution in [0.2, 0.25) is 0 Å². The van der Waals surface area contributed by atoms with Gasteiger partial charge < -0.3 is 10.1 Å². The van der Waals surface area contributed by atoms with Crippen molar-refractivity contribution in [2.75, 3.05) is 6.54 Å². The highest BCUT2D eigenvalue weighted by molar-refractivity contribution is 9.10. The normalized spacial score (nSPS) is 24.2. The SMILES string of the molecule is CC1CCC(CC(CNC(C)(C)C)c2ccc(Br)cc2)O1. The van der Waals surface area contributed by atoms with Crippen molar-refractivity contribution in [3.63, 3.8) is 0 Å². The van der Waals surface area contributed by atoms with Gasteiger partial charge in [-0.1, -0.05) is 28.1 Å². The van der Waals surface area contributed by atoms with Crippen LogP contribution in [0.3, 0.4) is 0 Å². The Morgan fingerprint density at radius 1 is 1.24 bits per heavy atom. The molecule has 0 bridgehead atoms. The van der Waals surface area contributed by atoms with Crippen LogP contribution >= 0.6 is 15.9 Å². The molecule has 0 aromatic heterocycles. The van der Waals surface area contributed by atoms with Gasteiger partial charge in [0, 0.05) is 16.6 Å². The Kier molecular flexibility index (Phi) is 5.87. The molecule has 1 saturated heterocycles. The van der Waals surface area contributed by atoms with E-state index in [9.17, 15) is 0 Å². The zero-order valence-electron chi connectivity index (χ0n) is 13.7. The van der Waals surface area contributed by atoms with Crippen LogP contribution in [-0.2, 0) is 4.74 Å². The Hall–Kier alpha value is -0.380. The topological polar surface area (TPSA) is 21.3 Å². The van der Waals surface area contributed by atoms with Gasteiger partial charge in [0.05, 0.1) is 12.2 Å². The number of benzene rings is 1. The first-order valence-electron chi connectivity index (χ1n) is 7.99. The highest BCUT2D eigenvalue weighted by Gasteiger charge is 2.26. The minimum absolute atomic E-state index is 0.150. The van der Waals surface area contributed by atoms with Gasteiger partial charge in [-0.2, -0.15) is 0 Å². The molecular weight excluding hydrogens is 326 g/mol. The van der Waals surface area contributed by atoms with E-state index in [1.807, 2.05) is 0 Å². The highest BCUT2D eigenvalue weighted by atomic mass is 79.9. The Labute approximate surface area is 137 Å². The number of nitrogens with one attached hydrogen (secondary N) is 1. The van der Waals surface area contributed by atoms with Gasteiger partial charge in [-0.3, -0.25) is 0 Å². The summed E-state index contributed by atoms with van der Waals surface area (Å²) in [4.78, 5) is 0. The van der Waals surface area contributed by atoms with Crippen molar-refractivity contribution in [1.82, 2.24) is 5.32 Å². The van der Waals surface area contributed by atoms with Crippen molar-refractivity contribution in [2.24, 2.45) is 0 Å². The molecule has 3 atom stereocenters. The summed E-state index contributed by atoms with van der Waals surface area (Å²) in [6.07, 6.45) is 4.34. The molecule has 3 heteroatoms. The zero-order valence-corrected chi connectivity index (χ0v) is 15.2. The van der Waals surface area contributed by atoms with Gasteiger partial charge in [-0.05, 0) is 70.6 Å². The molecule has 0 radical (unpaired) electrons. The van der Waals surface area contributed by atoms with Crippen molar-refractivity contribution >= 4 is 15.9 Å². The molecule has 1 heterocycles. The van der Waals surface area contributed by atoms with Gasteiger partial charge in [0.2, 0.25) is 0 Å². The summed E-state index contributed by atoms with van der Waals surface area (Å²) < 4.78 is 7.17. The minimum atomic E-state index is 0.150. The fourth-order valence-corrected chi connectivity index (χ4v) is 3.14. The second-order valence-electron chi connectivity index (χ2n) is 7.26. The maximum absolute atomic E-state index is 6.03. The van der Waals surface area contributed by atoms with E-state index in [1.165, 1.54) is 18.4 Å². The zero-order chi connectivity index (χ0) is 15.5. The van der Waals surface area contributed by atoms with E-state index in [2.05, 4.69) is 73.2 Å². The summed E-state index contributed by atoms with van der Waals surface area (Å²) in [5, 5.41) is 3.65. The van der Waals surface area contributed by atoms with Crippen LogP contribution in [0.5, 0.6) is 0 Å². The first-order chi connectivity index (χ1) is 9.83. The average molecular weight is 354 g/mol. The monoisotopic (exact) mass is 353 g/mol. The fraction of sp³-hybridized carbons (Fsp3) is 0.667. The predicted octanol–water partition coefficient (Wildman–Crippen LogP) is 4.88. The van der Waals surface area contributed by atoms with Crippen LogP contribution in [0.25, 0.3) is 0 Å². The lowest BCUT2D eigenvalue weighted by Crippen LogP contribution is -2.39. The third kappa shape index (κ3) is 5.72. The number of halogens is 1. The van der Waals surface area contributed by atoms with Crippen LogP contribution in [0.4, 0.5) is 0 Å². The van der Waals surface area contributed by atoms with Gasteiger partial charge in [-0.25, -0.2) is 0 Å². The van der Waals surface area contributed by atoms with E-state index in [-0.39, 0.29) is 5.54 Å². The molecule has 3 unspecified atom stereocenters. The summed E-state index contributed by atoms with van der Waals surface area (Å²) in [5.41, 5.74) is 1.55. The third-order valence-electron chi connectivity index (χ3n) is 4.09. The quantitative estimate of drug-likeness (QED) is 0.814. The van der Waals surface area contributed by atoms with Crippen LogP contribution in [0.1, 0.15) is 58.4 Å². The van der Waals surface area contributed by atoms with E-state index < -0.39 is 0 Å². The number of ether oxygens (including phenoxy) is 1. The molecule has 118 valence electrons. The molecule has 1 aliphatic heterocycles. The number of hydrogen-bond acceptors (Lipinski definition) is 2. The molecule has 1 aromatic carbocycles. The van der Waals surface area contributed by atoms with Gasteiger partial charge in [0.1, 0.15) is 0 Å². The molecule has 0 amide bonds. The molecule has 0 spiro atoms. The Morgan fingerprint density at radius 3 is 2.43 bits per heavy atom. The van der Waals surface area contributed by atoms with Crippen LogP contribution in [0, 0.1) is 0 Å². The second-order valence-corrected chi connectivity index (χ2v) is 8.18. The summed E-state index contributed by atoms with van der Waals surface area (Å²) in [5.74, 6) is 0.507. The maximum Gasteiger partial charge on any atom is 0.0586 e. The molecule has 2 rings (SSSR count). The average Bonchev–Trinajstić information content (AvgIpc) is 2.80. The Morgan fingerprint density at radius 2 is 1.90 bits per heavy atom. The lowest BCUT2D eigenvalue weighted by atomic mass is 9.91. The van der Waals surface area contributed by atoms with E-state index in [1.54, 1.807) is 0 Å². The summed E-state index contributed by atoms with van der Waals surface area (Å²) in [6, 6.07) is 8.74. The number of rotatable bonds is 5. The van der Waals surface area contributed by atoms with Crippen molar-refractivity contribution in [1.29, 1.82) is 0 Å². The highest BCUT2D eigenvalue weighted by Crippen LogP contribution is 2.30. The molecule has 0 saturated carbocycles. The lowest BCUT2D eigenvalue weighted by molar-refractivity contribution is 0.0462. The Bertz CT molecular complexity index is 438. The van der Waals surface area contributed by atoms with Gasteiger partial charge in [-0.15, -0.1) is 0 Å². The first-order valence-corrected chi connectivity index (χ1v) is 8.79. The van der Waals surface area contributed by atoms with Crippen molar-refractivity contribution in [3.8, 4) is 0 Å². The standard InChI is InChI=1S/C18H28BrNO/c1-13-5-10-17(21-13)11-15(12-20-18(2,3)4)14-6-8-16(19)9-7-14/h6-9,13,15,17,20H,5,10-12H2,1-4H3. The van der Waals surface area contributed by atoms with Gasteiger partial charge >= 0.3 is 0 Å².